The van der Waals surface area contributed by atoms with E-state index in [4.69, 9.17) is 0 Å². The van der Waals surface area contributed by atoms with E-state index in [9.17, 15) is 0 Å². The van der Waals surface area contributed by atoms with E-state index in [-0.39, 0.29) is 0 Å². The first-order valence-corrected chi connectivity index (χ1v) is 7.24. The molecule has 0 nitrogen and oxygen atoms in total. The van der Waals surface area contributed by atoms with Gasteiger partial charge in [0.15, 0.2) is 0 Å². The summed E-state index contributed by atoms with van der Waals surface area (Å²) >= 11 is 0. The smallest absolute Gasteiger partial charge is 0.0193 e. The van der Waals surface area contributed by atoms with Crippen LogP contribution in [-0.2, 0) is 6.42 Å². The second-order valence-corrected chi connectivity index (χ2v) is 5.31. The van der Waals surface area contributed by atoms with Gasteiger partial charge in [0, 0.05) is 0 Å². The van der Waals surface area contributed by atoms with Crippen molar-refractivity contribution in [2.45, 2.75) is 51.9 Å². The van der Waals surface area contributed by atoms with Crippen molar-refractivity contribution >= 4 is 0 Å². The van der Waals surface area contributed by atoms with Gasteiger partial charge in [0.25, 0.3) is 0 Å². The molecule has 1 aliphatic rings. The quantitative estimate of drug-likeness (QED) is 0.645. The van der Waals surface area contributed by atoms with Gasteiger partial charge in [-0.05, 0) is 49.1 Å². The number of allylic oxidation sites excluding steroid dienone is 4. The molecule has 18 heavy (non-hydrogen) atoms. The maximum absolute atomic E-state index is 2.38. The van der Waals surface area contributed by atoms with Crippen molar-refractivity contribution in [2.24, 2.45) is 0 Å². The van der Waals surface area contributed by atoms with Crippen LogP contribution in [0.25, 0.3) is 0 Å². The maximum Gasteiger partial charge on any atom is -0.0193 e. The van der Waals surface area contributed by atoms with Gasteiger partial charge in [-0.2, -0.15) is 0 Å². The summed E-state index contributed by atoms with van der Waals surface area (Å²) in [6.07, 6.45) is 13.0. The van der Waals surface area contributed by atoms with E-state index >= 15 is 0 Å². The highest BCUT2D eigenvalue weighted by Crippen LogP contribution is 2.20. The van der Waals surface area contributed by atoms with E-state index in [1.165, 1.54) is 42.4 Å². The van der Waals surface area contributed by atoms with Gasteiger partial charge >= 0.3 is 0 Å². The number of hydrogen-bond acceptors (Lipinski definition) is 0. The minimum Gasteiger partial charge on any atom is -0.0840 e. The molecule has 0 saturated carbocycles. The molecule has 0 bridgehead atoms. The first kappa shape index (κ1) is 13.1. The molecule has 0 aromatic heterocycles. The van der Waals surface area contributed by atoms with Crippen LogP contribution in [0.5, 0.6) is 0 Å². The molecule has 1 aliphatic carbocycles. The average molecular weight is 240 g/mol. The molecule has 1 aromatic rings. The third kappa shape index (κ3) is 3.60. The average Bonchev–Trinajstić information content (AvgIpc) is 2.46. The second-order valence-electron chi connectivity index (χ2n) is 5.31. The molecule has 1 atom stereocenters. The molecule has 1 aromatic carbocycles. The van der Waals surface area contributed by atoms with Crippen molar-refractivity contribution in [3.63, 3.8) is 0 Å². The Labute approximate surface area is 111 Å². The molecule has 0 radical (unpaired) electrons. The van der Waals surface area contributed by atoms with E-state index in [1.807, 2.05) is 0 Å². The Balaban J connectivity index is 1.90. The Morgan fingerprint density at radius 2 is 1.83 bits per heavy atom. The predicted molar refractivity (Wildman–Crippen MR) is 79.9 cm³/mol. The van der Waals surface area contributed by atoms with Crippen LogP contribution in [0, 0.1) is 0 Å². The molecule has 0 aliphatic heterocycles. The highest BCUT2D eigenvalue weighted by atomic mass is 14.1. The summed E-state index contributed by atoms with van der Waals surface area (Å²) in [6, 6.07) is 9.20. The molecule has 0 spiro atoms. The summed E-state index contributed by atoms with van der Waals surface area (Å²) in [5.41, 5.74) is 4.44. The largest absolute Gasteiger partial charge is 0.0840 e. The second kappa shape index (κ2) is 6.58. The van der Waals surface area contributed by atoms with Crippen LogP contribution in [0.4, 0.5) is 0 Å². The molecule has 1 unspecified atom stereocenters. The van der Waals surface area contributed by atoms with Gasteiger partial charge in [-0.25, -0.2) is 0 Å². The molecule has 0 fully saturated rings. The van der Waals surface area contributed by atoms with Crippen LogP contribution < -0.4 is 0 Å². The van der Waals surface area contributed by atoms with Crippen LogP contribution in [0.2, 0.25) is 0 Å². The van der Waals surface area contributed by atoms with Crippen LogP contribution >= 0.6 is 0 Å². The summed E-state index contributed by atoms with van der Waals surface area (Å²) in [4.78, 5) is 0. The Kier molecular flexibility index (Phi) is 4.81. The lowest BCUT2D eigenvalue weighted by Crippen LogP contribution is -1.93. The van der Waals surface area contributed by atoms with Gasteiger partial charge < -0.3 is 0 Å². The standard InChI is InChI=1S/C18H24/c1-3-15(2)18-13-11-17(12-14-18)10-9-16-7-5-4-6-8-16/h5,7-8,11-15H,3-4,6,9-10H2,1-2H3. The molecule has 0 amide bonds. The van der Waals surface area contributed by atoms with Gasteiger partial charge in [0.1, 0.15) is 0 Å². The fourth-order valence-electron chi connectivity index (χ4n) is 2.39. The number of benzene rings is 1. The third-order valence-electron chi connectivity index (χ3n) is 3.94. The first-order valence-electron chi connectivity index (χ1n) is 7.24. The van der Waals surface area contributed by atoms with Crippen LogP contribution in [0.15, 0.2) is 48.1 Å². The third-order valence-corrected chi connectivity index (χ3v) is 3.94. The predicted octanol–water partition coefficient (Wildman–Crippen LogP) is 5.41. The van der Waals surface area contributed by atoms with E-state index in [1.54, 1.807) is 0 Å². The summed E-state index contributed by atoms with van der Waals surface area (Å²) in [5.74, 6) is 0.683. The van der Waals surface area contributed by atoms with Gasteiger partial charge in [-0.3, -0.25) is 0 Å². The summed E-state index contributed by atoms with van der Waals surface area (Å²) < 4.78 is 0. The van der Waals surface area contributed by atoms with E-state index < -0.39 is 0 Å². The van der Waals surface area contributed by atoms with Crippen molar-refractivity contribution in [1.29, 1.82) is 0 Å². The maximum atomic E-state index is 2.38. The van der Waals surface area contributed by atoms with Gasteiger partial charge in [-0.1, -0.05) is 61.9 Å². The summed E-state index contributed by atoms with van der Waals surface area (Å²) in [6.45, 7) is 4.55. The SMILES string of the molecule is CCC(C)c1ccc(CCC2=CCCC=C2)cc1. The van der Waals surface area contributed by atoms with Gasteiger partial charge in [0.2, 0.25) is 0 Å². The molecule has 0 heterocycles. The van der Waals surface area contributed by atoms with Crippen molar-refractivity contribution in [2.75, 3.05) is 0 Å². The lowest BCUT2D eigenvalue weighted by molar-refractivity contribution is 0.733. The number of aryl methyl sites for hydroxylation is 1. The highest BCUT2D eigenvalue weighted by molar-refractivity contribution is 5.28. The monoisotopic (exact) mass is 240 g/mol. The van der Waals surface area contributed by atoms with Crippen LogP contribution in [-0.4, -0.2) is 0 Å². The molecule has 2 rings (SSSR count). The van der Waals surface area contributed by atoms with Gasteiger partial charge in [0.05, 0.1) is 0 Å². The fraction of sp³-hybridized carbons (Fsp3) is 0.444. The van der Waals surface area contributed by atoms with Crippen molar-refractivity contribution < 1.29 is 0 Å². The summed E-state index contributed by atoms with van der Waals surface area (Å²) in [7, 11) is 0. The Hall–Kier alpha value is -1.30. The van der Waals surface area contributed by atoms with Crippen molar-refractivity contribution in [3.05, 3.63) is 59.2 Å². The number of hydrogen-bond donors (Lipinski definition) is 0. The minimum absolute atomic E-state index is 0.683. The van der Waals surface area contributed by atoms with E-state index in [2.05, 4.69) is 56.3 Å². The topological polar surface area (TPSA) is 0 Å². The zero-order valence-corrected chi connectivity index (χ0v) is 11.7. The Morgan fingerprint density at radius 1 is 1.06 bits per heavy atom. The first-order chi connectivity index (χ1) is 8.79. The molecular weight excluding hydrogens is 216 g/mol. The lowest BCUT2D eigenvalue weighted by atomic mass is 9.95. The number of rotatable bonds is 5. The van der Waals surface area contributed by atoms with Gasteiger partial charge in [-0.15, -0.1) is 0 Å². The Bertz CT molecular complexity index is 420. The normalized spacial score (nSPS) is 16.4. The molecule has 0 heteroatoms. The molecule has 0 saturated heterocycles. The molecule has 96 valence electrons. The van der Waals surface area contributed by atoms with Crippen LogP contribution in [0.3, 0.4) is 0 Å². The summed E-state index contributed by atoms with van der Waals surface area (Å²) in [5, 5.41) is 0. The zero-order valence-electron chi connectivity index (χ0n) is 11.7. The van der Waals surface area contributed by atoms with Crippen LogP contribution in [0.1, 0.15) is 56.6 Å². The zero-order chi connectivity index (χ0) is 12.8. The fourth-order valence-corrected chi connectivity index (χ4v) is 2.39. The van der Waals surface area contributed by atoms with Crippen molar-refractivity contribution in [3.8, 4) is 0 Å². The van der Waals surface area contributed by atoms with Crippen molar-refractivity contribution in [1.82, 2.24) is 0 Å². The van der Waals surface area contributed by atoms with E-state index in [0.717, 1.165) is 6.42 Å². The lowest BCUT2D eigenvalue weighted by Gasteiger charge is -2.10. The minimum atomic E-state index is 0.683. The molecule has 0 N–H and O–H groups in total. The molecular formula is C18H24. The van der Waals surface area contributed by atoms with E-state index in [0.29, 0.717) is 5.92 Å². The highest BCUT2D eigenvalue weighted by Gasteiger charge is 2.03. The Morgan fingerprint density at radius 3 is 2.44 bits per heavy atom.